The molecule has 0 aliphatic carbocycles. The Balaban J connectivity index is 1.12. The molecule has 8 nitrogen and oxygen atoms in total. The molecule has 4 aromatic carbocycles. The van der Waals surface area contributed by atoms with Crippen molar-refractivity contribution in [2.24, 2.45) is 0 Å². The number of unbranched alkanes of at least 4 members (excludes halogenated alkanes) is 12. The first-order valence-electron chi connectivity index (χ1n) is 22.4. The maximum atomic E-state index is 13.1. The van der Waals surface area contributed by atoms with Gasteiger partial charge in [-0.05, 0) is 64.9 Å². The molecule has 2 aliphatic rings. The van der Waals surface area contributed by atoms with Gasteiger partial charge in [0, 0.05) is 43.2 Å². The normalized spacial score (nSPS) is 19.3. The number of benzene rings is 4. The van der Waals surface area contributed by atoms with E-state index in [0.717, 1.165) is 71.8 Å². The SMILES string of the molecule is CCCCCCCCCCCCCCCC(=O)Nc1cccc(C2OC(CN3CCc4cc(OC)c(OC)cc4C3)C(c3ccccc3)C(c3ccc(CO)cc3)O2)c1. The molecule has 0 spiro atoms. The standard InChI is InChI=1S/C51H68N2O6/c1-4-5-6-7-8-9-10-11-12-13-14-15-19-25-48(55)52-44-24-20-23-42(32-44)51-58-47(36-53-31-30-41-33-45(56-2)46(57-3)34-43(41)35-53)49(39-21-17-16-18-22-39)50(59-51)40-28-26-38(37-54)27-29-40/h16-18,20-24,26-29,32-34,47,49-51,54H,4-15,19,25,30-31,35-37H2,1-3H3,(H,52,55). The van der Waals surface area contributed by atoms with Gasteiger partial charge >= 0.3 is 0 Å². The molecule has 2 heterocycles. The fourth-order valence-electron chi connectivity index (χ4n) is 8.81. The van der Waals surface area contributed by atoms with Gasteiger partial charge in [-0.3, -0.25) is 9.69 Å². The molecule has 4 unspecified atom stereocenters. The first-order chi connectivity index (χ1) is 29.0. The predicted octanol–water partition coefficient (Wildman–Crippen LogP) is 11.6. The van der Waals surface area contributed by atoms with Crippen molar-refractivity contribution in [1.82, 2.24) is 4.90 Å². The lowest BCUT2D eigenvalue weighted by atomic mass is 9.82. The van der Waals surface area contributed by atoms with Crippen LogP contribution in [0.15, 0.2) is 91.0 Å². The molecule has 8 heteroatoms. The highest BCUT2D eigenvalue weighted by atomic mass is 16.7. The summed E-state index contributed by atoms with van der Waals surface area (Å²) in [4.78, 5) is 15.6. The molecule has 0 bridgehead atoms. The molecule has 2 aliphatic heterocycles. The number of carbonyl (C=O) groups excluding carboxylic acids is 1. The second-order valence-electron chi connectivity index (χ2n) is 16.5. The summed E-state index contributed by atoms with van der Waals surface area (Å²) in [6, 6.07) is 30.7. The fraction of sp³-hybridized carbons (Fsp3) is 0.510. The van der Waals surface area contributed by atoms with Gasteiger partial charge in [0.05, 0.1) is 33.0 Å². The molecule has 1 amide bonds. The number of hydrogen-bond acceptors (Lipinski definition) is 7. The second-order valence-corrected chi connectivity index (χ2v) is 16.5. The van der Waals surface area contributed by atoms with Gasteiger partial charge in [-0.2, -0.15) is 0 Å². The molecule has 6 rings (SSSR count). The van der Waals surface area contributed by atoms with Crippen LogP contribution in [0.3, 0.4) is 0 Å². The van der Waals surface area contributed by atoms with E-state index in [2.05, 4.69) is 65.7 Å². The summed E-state index contributed by atoms with van der Waals surface area (Å²) in [7, 11) is 3.36. The van der Waals surface area contributed by atoms with E-state index in [1.54, 1.807) is 14.2 Å². The number of methoxy groups -OCH3 is 2. The lowest BCUT2D eigenvalue weighted by Gasteiger charge is -2.45. The van der Waals surface area contributed by atoms with Crippen molar-refractivity contribution in [1.29, 1.82) is 0 Å². The Labute approximate surface area is 353 Å². The number of amides is 1. The van der Waals surface area contributed by atoms with E-state index in [1.165, 1.54) is 81.8 Å². The fourth-order valence-corrected chi connectivity index (χ4v) is 8.81. The molecule has 4 atom stereocenters. The van der Waals surface area contributed by atoms with Crippen molar-refractivity contribution in [2.75, 3.05) is 32.6 Å². The predicted molar refractivity (Wildman–Crippen MR) is 237 cm³/mol. The molecule has 59 heavy (non-hydrogen) atoms. The third-order valence-electron chi connectivity index (χ3n) is 12.2. The smallest absolute Gasteiger partial charge is 0.224 e. The van der Waals surface area contributed by atoms with Gasteiger partial charge in [0.2, 0.25) is 5.91 Å². The van der Waals surface area contributed by atoms with Crippen LogP contribution in [-0.2, 0) is 33.8 Å². The number of hydrogen-bond donors (Lipinski definition) is 2. The highest BCUT2D eigenvalue weighted by Crippen LogP contribution is 2.47. The van der Waals surface area contributed by atoms with E-state index >= 15 is 0 Å². The van der Waals surface area contributed by atoms with Crippen molar-refractivity contribution >= 4 is 11.6 Å². The number of carbonyl (C=O) groups is 1. The first kappa shape index (κ1) is 44.3. The zero-order valence-corrected chi connectivity index (χ0v) is 35.8. The number of anilines is 1. The Bertz CT molecular complexity index is 1850. The molecule has 318 valence electrons. The lowest BCUT2D eigenvalue weighted by Crippen LogP contribution is -2.45. The van der Waals surface area contributed by atoms with Gasteiger partial charge in [-0.1, -0.05) is 151 Å². The minimum Gasteiger partial charge on any atom is -0.493 e. The Kier molecular flexibility index (Phi) is 17.7. The Morgan fingerprint density at radius 2 is 1.34 bits per heavy atom. The average Bonchev–Trinajstić information content (AvgIpc) is 3.27. The molecule has 0 radical (unpaired) electrons. The van der Waals surface area contributed by atoms with Crippen molar-refractivity contribution in [2.45, 2.75) is 141 Å². The van der Waals surface area contributed by atoms with E-state index in [1.807, 2.05) is 42.5 Å². The minimum absolute atomic E-state index is 0.0206. The van der Waals surface area contributed by atoms with Gasteiger partial charge in [-0.25, -0.2) is 0 Å². The molecule has 0 aromatic heterocycles. The number of aliphatic hydroxyl groups excluding tert-OH is 1. The van der Waals surface area contributed by atoms with Gasteiger partial charge in [0.25, 0.3) is 0 Å². The van der Waals surface area contributed by atoms with Crippen LogP contribution < -0.4 is 14.8 Å². The van der Waals surface area contributed by atoms with Gasteiger partial charge in [0.1, 0.15) is 0 Å². The van der Waals surface area contributed by atoms with Crippen molar-refractivity contribution in [3.8, 4) is 11.5 Å². The first-order valence-corrected chi connectivity index (χ1v) is 22.4. The van der Waals surface area contributed by atoms with Crippen LogP contribution in [-0.4, -0.2) is 49.3 Å². The highest BCUT2D eigenvalue weighted by Gasteiger charge is 2.43. The Morgan fingerprint density at radius 3 is 1.98 bits per heavy atom. The van der Waals surface area contributed by atoms with E-state index in [9.17, 15) is 9.90 Å². The Hall–Kier alpha value is -4.21. The summed E-state index contributed by atoms with van der Waals surface area (Å²) in [6.45, 7) is 4.58. The summed E-state index contributed by atoms with van der Waals surface area (Å²) in [5, 5.41) is 13.0. The quantitative estimate of drug-likeness (QED) is 0.0722. The molecule has 4 aromatic rings. The van der Waals surface area contributed by atoms with Crippen molar-refractivity contribution < 1.29 is 28.8 Å². The lowest BCUT2D eigenvalue weighted by molar-refractivity contribution is -0.263. The van der Waals surface area contributed by atoms with Crippen LogP contribution >= 0.6 is 0 Å². The average molecular weight is 805 g/mol. The van der Waals surface area contributed by atoms with Crippen LogP contribution in [0.1, 0.15) is 149 Å². The minimum atomic E-state index is -0.665. The zero-order chi connectivity index (χ0) is 41.2. The molecule has 0 saturated carbocycles. The van der Waals surface area contributed by atoms with Crippen LogP contribution in [0, 0.1) is 0 Å². The van der Waals surface area contributed by atoms with Crippen LogP contribution in [0.5, 0.6) is 11.5 Å². The number of ether oxygens (including phenoxy) is 4. The topological polar surface area (TPSA) is 89.5 Å². The van der Waals surface area contributed by atoms with E-state index in [0.29, 0.717) is 13.0 Å². The number of nitrogens with one attached hydrogen (secondary N) is 1. The van der Waals surface area contributed by atoms with Crippen molar-refractivity contribution in [3.05, 3.63) is 124 Å². The number of rotatable bonds is 23. The summed E-state index contributed by atoms with van der Waals surface area (Å²) < 4.78 is 25.3. The van der Waals surface area contributed by atoms with Crippen LogP contribution in [0.25, 0.3) is 0 Å². The number of nitrogens with zero attached hydrogens (tertiary/aromatic N) is 1. The number of fused-ring (bicyclic) bond motifs is 1. The number of aliphatic hydroxyl groups is 1. The maximum Gasteiger partial charge on any atom is 0.224 e. The van der Waals surface area contributed by atoms with Gasteiger partial charge in [0.15, 0.2) is 17.8 Å². The van der Waals surface area contributed by atoms with Gasteiger partial charge < -0.3 is 29.4 Å². The third-order valence-corrected chi connectivity index (χ3v) is 12.2. The highest BCUT2D eigenvalue weighted by molar-refractivity contribution is 5.90. The van der Waals surface area contributed by atoms with Crippen molar-refractivity contribution in [3.63, 3.8) is 0 Å². The van der Waals surface area contributed by atoms with E-state index in [4.69, 9.17) is 18.9 Å². The molecule has 1 fully saturated rings. The summed E-state index contributed by atoms with van der Waals surface area (Å²) >= 11 is 0. The summed E-state index contributed by atoms with van der Waals surface area (Å²) in [6.07, 6.45) is 16.9. The molecule has 1 saturated heterocycles. The largest absolute Gasteiger partial charge is 0.493 e. The zero-order valence-electron chi connectivity index (χ0n) is 35.8. The van der Waals surface area contributed by atoms with Gasteiger partial charge in [-0.15, -0.1) is 0 Å². The molecule has 2 N–H and O–H groups in total. The second kappa shape index (κ2) is 23.5. The Morgan fingerprint density at radius 1 is 0.712 bits per heavy atom. The summed E-state index contributed by atoms with van der Waals surface area (Å²) in [5.41, 5.74) is 7.13. The molecular weight excluding hydrogens is 737 g/mol. The summed E-state index contributed by atoms with van der Waals surface area (Å²) in [5.74, 6) is 1.43. The van der Waals surface area contributed by atoms with Crippen LogP contribution in [0.2, 0.25) is 0 Å². The monoisotopic (exact) mass is 805 g/mol. The van der Waals surface area contributed by atoms with E-state index < -0.39 is 6.29 Å². The third kappa shape index (κ3) is 12.9. The molecular formula is C51H68N2O6. The maximum absolute atomic E-state index is 13.1. The van der Waals surface area contributed by atoms with E-state index in [-0.39, 0.29) is 30.6 Å². The van der Waals surface area contributed by atoms with Crippen LogP contribution in [0.4, 0.5) is 5.69 Å².